The Morgan fingerprint density at radius 1 is 0.533 bits per heavy atom. The summed E-state index contributed by atoms with van der Waals surface area (Å²) in [6.45, 7) is 8.41. The molecular formula is C26H32O3Si. The van der Waals surface area contributed by atoms with Gasteiger partial charge in [0.1, 0.15) is 17.2 Å². The van der Waals surface area contributed by atoms with Crippen molar-refractivity contribution in [1.29, 1.82) is 0 Å². The van der Waals surface area contributed by atoms with Crippen molar-refractivity contribution < 1.29 is 13.3 Å². The maximum absolute atomic E-state index is 6.57. The zero-order valence-corrected chi connectivity index (χ0v) is 19.5. The third-order valence-electron chi connectivity index (χ3n) is 4.97. The van der Waals surface area contributed by atoms with Crippen molar-refractivity contribution in [2.24, 2.45) is 0 Å². The summed E-state index contributed by atoms with van der Waals surface area (Å²) in [5, 5.41) is 0. The molecule has 4 heteroatoms. The second-order valence-corrected chi connectivity index (χ2v) is 10.4. The number of unbranched alkanes of at least 4 members (excludes halogenated alkanes) is 2. The molecule has 0 aliphatic carbocycles. The van der Waals surface area contributed by atoms with Crippen LogP contribution in [0.25, 0.3) is 0 Å². The molecule has 3 aromatic rings. The SMILES string of the molecule is CCCCC[Si](Oc1ccc(C)cc1)(Oc1ccc(C)cc1)Oc1ccc(C)cc1. The van der Waals surface area contributed by atoms with Gasteiger partial charge in [-0.15, -0.1) is 0 Å². The molecule has 0 aliphatic rings. The molecule has 0 bridgehead atoms. The van der Waals surface area contributed by atoms with Gasteiger partial charge in [-0.25, -0.2) is 0 Å². The minimum atomic E-state index is -3.11. The van der Waals surface area contributed by atoms with Crippen molar-refractivity contribution in [3.8, 4) is 17.2 Å². The van der Waals surface area contributed by atoms with Gasteiger partial charge in [-0.05, 0) is 63.6 Å². The molecule has 0 amide bonds. The van der Waals surface area contributed by atoms with Crippen molar-refractivity contribution in [3.05, 3.63) is 89.5 Å². The Balaban J connectivity index is 1.96. The van der Waals surface area contributed by atoms with Gasteiger partial charge in [-0.1, -0.05) is 72.9 Å². The molecule has 0 aliphatic heterocycles. The summed E-state index contributed by atoms with van der Waals surface area (Å²) in [4.78, 5) is 0. The molecule has 0 unspecified atom stereocenters. The molecule has 0 saturated heterocycles. The van der Waals surface area contributed by atoms with Gasteiger partial charge in [-0.3, -0.25) is 0 Å². The Morgan fingerprint density at radius 2 is 0.867 bits per heavy atom. The second-order valence-electron chi connectivity index (χ2n) is 7.89. The van der Waals surface area contributed by atoms with Gasteiger partial charge < -0.3 is 13.3 Å². The fourth-order valence-electron chi connectivity index (χ4n) is 3.16. The lowest BCUT2D eigenvalue weighted by Crippen LogP contribution is -2.54. The summed E-state index contributed by atoms with van der Waals surface area (Å²) in [7, 11) is -3.11. The lowest BCUT2D eigenvalue weighted by Gasteiger charge is -2.30. The summed E-state index contributed by atoms with van der Waals surface area (Å²) in [6.07, 6.45) is 3.23. The Labute approximate surface area is 182 Å². The summed E-state index contributed by atoms with van der Waals surface area (Å²) in [5.74, 6) is 2.34. The molecule has 3 nitrogen and oxygen atoms in total. The zero-order chi connectivity index (χ0) is 21.4. The quantitative estimate of drug-likeness (QED) is 0.255. The Kier molecular flexibility index (Phi) is 7.58. The fraction of sp³-hybridized carbons (Fsp3) is 0.308. The van der Waals surface area contributed by atoms with Crippen LogP contribution in [0.1, 0.15) is 42.9 Å². The molecule has 3 rings (SSSR count). The highest BCUT2D eigenvalue weighted by atomic mass is 28.4. The van der Waals surface area contributed by atoms with Gasteiger partial charge in [0.25, 0.3) is 0 Å². The largest absolute Gasteiger partial charge is 0.699 e. The number of rotatable bonds is 10. The van der Waals surface area contributed by atoms with E-state index in [4.69, 9.17) is 13.3 Å². The van der Waals surface area contributed by atoms with E-state index in [1.807, 2.05) is 36.4 Å². The van der Waals surface area contributed by atoms with E-state index < -0.39 is 8.80 Å². The first-order valence-corrected chi connectivity index (χ1v) is 12.7. The van der Waals surface area contributed by atoms with E-state index >= 15 is 0 Å². The Bertz CT molecular complexity index is 787. The fourth-order valence-corrected chi connectivity index (χ4v) is 5.76. The standard InChI is InChI=1S/C26H32O3Si/c1-5-6-7-20-30(27-24-14-8-21(2)9-15-24,28-25-16-10-22(3)11-17-25)29-26-18-12-23(4)13-19-26/h8-19H,5-7,20H2,1-4H3. The zero-order valence-electron chi connectivity index (χ0n) is 18.5. The first kappa shape index (κ1) is 22.0. The van der Waals surface area contributed by atoms with Crippen LogP contribution in [-0.2, 0) is 0 Å². The molecule has 0 atom stereocenters. The van der Waals surface area contributed by atoms with Crippen molar-refractivity contribution in [1.82, 2.24) is 0 Å². The van der Waals surface area contributed by atoms with Crippen LogP contribution in [0.4, 0.5) is 0 Å². The normalized spacial score (nSPS) is 11.2. The monoisotopic (exact) mass is 420 g/mol. The molecule has 0 heterocycles. The van der Waals surface area contributed by atoms with Crippen LogP contribution < -0.4 is 13.3 Å². The van der Waals surface area contributed by atoms with Gasteiger partial charge in [0.2, 0.25) is 0 Å². The Hall–Kier alpha value is -2.72. The lowest BCUT2D eigenvalue weighted by atomic mass is 10.2. The van der Waals surface area contributed by atoms with Crippen LogP contribution in [0.5, 0.6) is 17.2 Å². The smallest absolute Gasteiger partial charge is 0.483 e. The van der Waals surface area contributed by atoms with E-state index in [0.717, 1.165) is 42.6 Å². The number of benzene rings is 3. The highest BCUT2D eigenvalue weighted by Gasteiger charge is 2.48. The third kappa shape index (κ3) is 6.39. The predicted molar refractivity (Wildman–Crippen MR) is 126 cm³/mol. The van der Waals surface area contributed by atoms with Crippen LogP contribution in [0.15, 0.2) is 72.8 Å². The van der Waals surface area contributed by atoms with Gasteiger partial charge in [-0.2, -0.15) is 0 Å². The maximum Gasteiger partial charge on any atom is 0.699 e. The third-order valence-corrected chi connectivity index (χ3v) is 7.58. The first-order chi connectivity index (χ1) is 14.5. The minimum Gasteiger partial charge on any atom is -0.483 e. The molecule has 0 fully saturated rings. The molecular weight excluding hydrogens is 388 g/mol. The molecule has 30 heavy (non-hydrogen) atoms. The average Bonchev–Trinajstić information content (AvgIpc) is 2.73. The van der Waals surface area contributed by atoms with Gasteiger partial charge >= 0.3 is 8.80 Å². The van der Waals surface area contributed by atoms with Crippen LogP contribution >= 0.6 is 0 Å². The van der Waals surface area contributed by atoms with E-state index in [1.165, 1.54) is 16.7 Å². The molecule has 0 N–H and O–H groups in total. The van der Waals surface area contributed by atoms with E-state index in [2.05, 4.69) is 64.1 Å². The lowest BCUT2D eigenvalue weighted by molar-refractivity contribution is 0.258. The molecule has 0 spiro atoms. The van der Waals surface area contributed by atoms with Crippen molar-refractivity contribution >= 4 is 8.80 Å². The summed E-state index contributed by atoms with van der Waals surface area (Å²) >= 11 is 0. The molecule has 0 aromatic heterocycles. The summed E-state index contributed by atoms with van der Waals surface area (Å²) < 4.78 is 19.7. The van der Waals surface area contributed by atoms with E-state index in [1.54, 1.807) is 0 Å². The molecule has 3 aromatic carbocycles. The minimum absolute atomic E-state index is 0.746. The number of hydrogen-bond donors (Lipinski definition) is 0. The number of hydrogen-bond acceptors (Lipinski definition) is 3. The Morgan fingerprint density at radius 3 is 1.17 bits per heavy atom. The van der Waals surface area contributed by atoms with Crippen molar-refractivity contribution in [2.75, 3.05) is 0 Å². The van der Waals surface area contributed by atoms with Crippen LogP contribution in [0.2, 0.25) is 6.04 Å². The van der Waals surface area contributed by atoms with E-state index in [0.29, 0.717) is 0 Å². The topological polar surface area (TPSA) is 27.7 Å². The van der Waals surface area contributed by atoms with Gasteiger partial charge in [0, 0.05) is 0 Å². The molecule has 0 radical (unpaired) electrons. The van der Waals surface area contributed by atoms with Gasteiger partial charge in [0.15, 0.2) is 0 Å². The first-order valence-electron chi connectivity index (χ1n) is 10.7. The van der Waals surface area contributed by atoms with E-state index in [9.17, 15) is 0 Å². The predicted octanol–water partition coefficient (Wildman–Crippen LogP) is 7.28. The van der Waals surface area contributed by atoms with Crippen molar-refractivity contribution in [2.45, 2.75) is 53.0 Å². The van der Waals surface area contributed by atoms with E-state index in [-0.39, 0.29) is 0 Å². The van der Waals surface area contributed by atoms with Crippen LogP contribution in [-0.4, -0.2) is 8.80 Å². The van der Waals surface area contributed by atoms with Crippen LogP contribution in [0, 0.1) is 20.8 Å². The molecule has 0 saturated carbocycles. The maximum atomic E-state index is 6.57. The summed E-state index contributed by atoms with van der Waals surface area (Å²) in [5.41, 5.74) is 3.58. The molecule has 158 valence electrons. The highest BCUT2D eigenvalue weighted by molar-refractivity contribution is 6.63. The number of aryl methyl sites for hydroxylation is 3. The summed E-state index contributed by atoms with van der Waals surface area (Å²) in [6, 6.07) is 25.0. The highest BCUT2D eigenvalue weighted by Crippen LogP contribution is 2.29. The van der Waals surface area contributed by atoms with Crippen molar-refractivity contribution in [3.63, 3.8) is 0 Å². The van der Waals surface area contributed by atoms with Crippen LogP contribution in [0.3, 0.4) is 0 Å². The van der Waals surface area contributed by atoms with Gasteiger partial charge in [0.05, 0.1) is 6.04 Å². The second kappa shape index (κ2) is 10.3. The average molecular weight is 421 g/mol.